The molecule has 6 heteroatoms. The molecule has 1 N–H and O–H groups in total. The molecule has 2 unspecified atom stereocenters. The van der Waals surface area contributed by atoms with Gasteiger partial charge in [0, 0.05) is 36.9 Å². The van der Waals surface area contributed by atoms with Crippen LogP contribution < -0.4 is 10.2 Å². The number of nitrogens with zero attached hydrogens (tertiary/aromatic N) is 2. The maximum absolute atomic E-state index is 11.9. The number of nitrogens with one attached hydrogen (secondary N) is 1. The molecular weight excluding hydrogens is 410 g/mol. The van der Waals surface area contributed by atoms with Crippen molar-refractivity contribution in [3.8, 4) is 0 Å². The Morgan fingerprint density at radius 1 is 1.06 bits per heavy atom. The average Bonchev–Trinajstić information content (AvgIpc) is 3.61. The number of amides is 1. The van der Waals surface area contributed by atoms with Crippen LogP contribution in [-0.2, 0) is 9.53 Å². The van der Waals surface area contributed by atoms with Crippen LogP contribution in [0, 0.1) is 0 Å². The minimum atomic E-state index is 0.460. The molecule has 1 amide bonds. The second-order valence-electron chi connectivity index (χ2n) is 8.42. The van der Waals surface area contributed by atoms with Gasteiger partial charge in [0.05, 0.1) is 13.2 Å². The van der Waals surface area contributed by atoms with Crippen LogP contribution in [0.1, 0.15) is 35.8 Å². The van der Waals surface area contributed by atoms with Gasteiger partial charge in [-0.15, -0.1) is 0 Å². The number of carbonyl (C=O) groups excluding carboxylic acids is 1. The lowest BCUT2D eigenvalue weighted by atomic mass is 10.0. The fourth-order valence-corrected chi connectivity index (χ4v) is 4.61. The summed E-state index contributed by atoms with van der Waals surface area (Å²) in [5.74, 6) is 0.964. The molecule has 0 aromatic heterocycles. The maximum Gasteiger partial charge on any atom is 0.214 e. The van der Waals surface area contributed by atoms with Crippen LogP contribution in [0.15, 0.2) is 48.5 Å². The van der Waals surface area contributed by atoms with E-state index in [-0.39, 0.29) is 0 Å². The number of carbonyl (C=O) groups is 1. The highest BCUT2D eigenvalue weighted by Crippen LogP contribution is 2.56. The number of anilines is 1. The van der Waals surface area contributed by atoms with Crippen molar-refractivity contribution < 1.29 is 9.53 Å². The molecule has 2 atom stereocenters. The first-order valence-corrected chi connectivity index (χ1v) is 11.7. The minimum Gasteiger partial charge on any atom is -0.379 e. The van der Waals surface area contributed by atoms with Gasteiger partial charge in [0.2, 0.25) is 6.41 Å². The summed E-state index contributed by atoms with van der Waals surface area (Å²) in [6.07, 6.45) is 3.20. The number of rotatable bonds is 11. The first kappa shape index (κ1) is 22.3. The van der Waals surface area contributed by atoms with Crippen LogP contribution >= 0.6 is 11.6 Å². The highest BCUT2D eigenvalue weighted by atomic mass is 35.5. The second-order valence-corrected chi connectivity index (χ2v) is 8.85. The van der Waals surface area contributed by atoms with E-state index in [0.29, 0.717) is 18.4 Å². The van der Waals surface area contributed by atoms with Crippen LogP contribution in [0.2, 0.25) is 5.02 Å². The third-order valence-corrected chi connectivity index (χ3v) is 6.57. The number of benzene rings is 2. The van der Waals surface area contributed by atoms with Crippen molar-refractivity contribution in [2.24, 2.45) is 0 Å². The van der Waals surface area contributed by atoms with E-state index < -0.39 is 0 Å². The normalized spacial score (nSPS) is 21.1. The van der Waals surface area contributed by atoms with Crippen molar-refractivity contribution in [3.63, 3.8) is 0 Å². The van der Waals surface area contributed by atoms with Gasteiger partial charge < -0.3 is 15.0 Å². The second kappa shape index (κ2) is 11.1. The molecule has 0 bridgehead atoms. The molecule has 1 saturated carbocycles. The summed E-state index contributed by atoms with van der Waals surface area (Å²) in [7, 11) is 0. The number of morpholine rings is 1. The zero-order chi connectivity index (χ0) is 21.5. The van der Waals surface area contributed by atoms with E-state index in [9.17, 15) is 4.79 Å². The first-order chi connectivity index (χ1) is 15.3. The molecule has 4 rings (SSSR count). The molecule has 1 aliphatic heterocycles. The van der Waals surface area contributed by atoms with Crippen LogP contribution in [-0.4, -0.2) is 63.8 Å². The zero-order valence-corrected chi connectivity index (χ0v) is 18.8. The molecule has 0 radical (unpaired) electrons. The highest BCUT2D eigenvalue weighted by molar-refractivity contribution is 6.30. The van der Waals surface area contributed by atoms with E-state index in [1.807, 2.05) is 23.1 Å². The van der Waals surface area contributed by atoms with E-state index in [1.165, 1.54) is 11.1 Å². The van der Waals surface area contributed by atoms with Gasteiger partial charge in [0.15, 0.2) is 0 Å². The fourth-order valence-electron chi connectivity index (χ4n) is 4.49. The van der Waals surface area contributed by atoms with Crippen LogP contribution in [0.25, 0.3) is 0 Å². The Balaban J connectivity index is 1.27. The molecule has 31 heavy (non-hydrogen) atoms. The van der Waals surface area contributed by atoms with Gasteiger partial charge in [-0.05, 0) is 67.1 Å². The van der Waals surface area contributed by atoms with Crippen LogP contribution in [0.5, 0.6) is 0 Å². The molecule has 1 saturated heterocycles. The number of hydrogen-bond acceptors (Lipinski definition) is 4. The Labute approximate surface area is 190 Å². The van der Waals surface area contributed by atoms with Crippen LogP contribution in [0.4, 0.5) is 5.69 Å². The number of para-hydroxylation sites is 1. The lowest BCUT2D eigenvalue weighted by Crippen LogP contribution is -2.38. The third kappa shape index (κ3) is 6.07. The quantitative estimate of drug-likeness (QED) is 0.424. The van der Waals surface area contributed by atoms with E-state index in [4.69, 9.17) is 16.3 Å². The number of hydrogen-bond donors (Lipinski definition) is 1. The zero-order valence-electron chi connectivity index (χ0n) is 18.0. The van der Waals surface area contributed by atoms with Gasteiger partial charge in [-0.3, -0.25) is 9.69 Å². The largest absolute Gasteiger partial charge is 0.379 e. The van der Waals surface area contributed by atoms with E-state index in [0.717, 1.165) is 75.9 Å². The summed E-state index contributed by atoms with van der Waals surface area (Å²) in [4.78, 5) is 16.2. The Kier molecular flexibility index (Phi) is 7.97. The summed E-state index contributed by atoms with van der Waals surface area (Å²) in [5, 5.41) is 4.26. The summed E-state index contributed by atoms with van der Waals surface area (Å²) in [6, 6.07) is 16.5. The first-order valence-electron chi connectivity index (χ1n) is 11.3. The molecular formula is C25H32ClN3O2. The molecule has 5 nitrogen and oxygen atoms in total. The minimum absolute atomic E-state index is 0.460. The van der Waals surface area contributed by atoms with E-state index >= 15 is 0 Å². The average molecular weight is 442 g/mol. The standard InChI is InChI=1S/C25H32ClN3O2/c26-21-8-6-20(7-9-21)23-18-24(23)22-4-1-2-5-25(22)29(19-30)13-11-27-10-3-12-28-14-16-31-17-15-28/h1-2,4-9,19,23-24,27H,3,10-18H2. The predicted molar refractivity (Wildman–Crippen MR) is 126 cm³/mol. The van der Waals surface area contributed by atoms with E-state index in [1.54, 1.807) is 0 Å². The molecule has 2 aromatic carbocycles. The molecule has 166 valence electrons. The lowest BCUT2D eigenvalue weighted by Gasteiger charge is -2.26. The van der Waals surface area contributed by atoms with Gasteiger partial charge >= 0.3 is 0 Å². The smallest absolute Gasteiger partial charge is 0.214 e. The third-order valence-electron chi connectivity index (χ3n) is 6.32. The molecule has 0 spiro atoms. The van der Waals surface area contributed by atoms with E-state index in [2.05, 4.69) is 40.5 Å². The summed E-state index contributed by atoms with van der Waals surface area (Å²) >= 11 is 6.04. The Morgan fingerprint density at radius 2 is 1.84 bits per heavy atom. The van der Waals surface area contributed by atoms with Crippen molar-refractivity contribution in [2.75, 3.05) is 57.4 Å². The highest BCUT2D eigenvalue weighted by Gasteiger charge is 2.41. The summed E-state index contributed by atoms with van der Waals surface area (Å²) < 4.78 is 5.39. The van der Waals surface area contributed by atoms with Gasteiger partial charge in [-0.1, -0.05) is 41.9 Å². The van der Waals surface area contributed by atoms with Crippen molar-refractivity contribution in [2.45, 2.75) is 24.7 Å². The molecule has 2 aromatic rings. The maximum atomic E-state index is 11.9. The van der Waals surface area contributed by atoms with Gasteiger partial charge in [0.1, 0.15) is 0 Å². The number of halogens is 1. The molecule has 1 heterocycles. The number of ether oxygens (including phenoxy) is 1. The van der Waals surface area contributed by atoms with Gasteiger partial charge in [-0.2, -0.15) is 0 Å². The Morgan fingerprint density at radius 3 is 2.61 bits per heavy atom. The van der Waals surface area contributed by atoms with Crippen molar-refractivity contribution in [1.82, 2.24) is 10.2 Å². The van der Waals surface area contributed by atoms with Crippen molar-refractivity contribution in [3.05, 3.63) is 64.7 Å². The SMILES string of the molecule is O=CN(CCNCCCN1CCOCC1)c1ccccc1C1CC1c1ccc(Cl)cc1. The molecule has 2 aliphatic rings. The van der Waals surface area contributed by atoms with Crippen molar-refractivity contribution >= 4 is 23.7 Å². The summed E-state index contributed by atoms with van der Waals surface area (Å²) in [5.41, 5.74) is 3.62. The molecule has 1 aliphatic carbocycles. The van der Waals surface area contributed by atoms with Gasteiger partial charge in [0.25, 0.3) is 0 Å². The van der Waals surface area contributed by atoms with Crippen LogP contribution in [0.3, 0.4) is 0 Å². The molecule has 2 fully saturated rings. The topological polar surface area (TPSA) is 44.8 Å². The van der Waals surface area contributed by atoms with Crippen molar-refractivity contribution in [1.29, 1.82) is 0 Å². The van der Waals surface area contributed by atoms with Gasteiger partial charge in [-0.25, -0.2) is 0 Å². The monoisotopic (exact) mass is 441 g/mol. The Hall–Kier alpha value is -1.92. The lowest BCUT2D eigenvalue weighted by molar-refractivity contribution is -0.107. The predicted octanol–water partition coefficient (Wildman–Crippen LogP) is 3.89. The summed E-state index contributed by atoms with van der Waals surface area (Å²) in [6.45, 7) is 7.30. The Bertz CT molecular complexity index is 839. The fraction of sp³-hybridized carbons (Fsp3) is 0.480.